The summed E-state index contributed by atoms with van der Waals surface area (Å²) in [6.07, 6.45) is 2.02. The first kappa shape index (κ1) is 14.4. The Labute approximate surface area is 118 Å². The molecule has 2 amide bonds. The van der Waals surface area contributed by atoms with Gasteiger partial charge in [0.15, 0.2) is 0 Å². The zero-order valence-corrected chi connectivity index (χ0v) is 11.9. The van der Waals surface area contributed by atoms with Crippen LogP contribution in [0.4, 0.5) is 4.79 Å². The van der Waals surface area contributed by atoms with E-state index in [0.29, 0.717) is 13.1 Å². The molecule has 0 aliphatic heterocycles. The lowest BCUT2D eigenvalue weighted by Gasteiger charge is -2.21. The Kier molecular flexibility index (Phi) is 4.63. The van der Waals surface area contributed by atoms with Crippen molar-refractivity contribution in [3.63, 3.8) is 0 Å². The third-order valence-corrected chi connectivity index (χ3v) is 3.65. The lowest BCUT2D eigenvalue weighted by atomic mass is 9.94. The van der Waals surface area contributed by atoms with Crippen LogP contribution in [0.15, 0.2) is 30.5 Å². The molecule has 5 heteroatoms. The Balaban J connectivity index is 2.06. The van der Waals surface area contributed by atoms with Crippen LogP contribution in [-0.4, -0.2) is 30.1 Å². The van der Waals surface area contributed by atoms with E-state index in [9.17, 15) is 4.79 Å². The minimum atomic E-state index is -0.172. The molecule has 2 rings (SSSR count). The van der Waals surface area contributed by atoms with Crippen molar-refractivity contribution in [2.75, 3.05) is 13.1 Å². The van der Waals surface area contributed by atoms with Crippen LogP contribution < -0.4 is 16.4 Å². The smallest absolute Gasteiger partial charge is 0.315 e. The van der Waals surface area contributed by atoms with Crippen LogP contribution >= 0.6 is 0 Å². The topological polar surface area (TPSA) is 82.9 Å². The molecule has 108 valence electrons. The minimum Gasteiger partial charge on any atom is -0.361 e. The highest BCUT2D eigenvalue weighted by molar-refractivity contribution is 5.83. The van der Waals surface area contributed by atoms with E-state index in [0.717, 1.165) is 5.52 Å². The van der Waals surface area contributed by atoms with Crippen LogP contribution in [0.25, 0.3) is 10.9 Å². The first-order valence-corrected chi connectivity index (χ1v) is 6.94. The lowest BCUT2D eigenvalue weighted by molar-refractivity contribution is 0.236. The third kappa shape index (κ3) is 3.11. The summed E-state index contributed by atoms with van der Waals surface area (Å²) < 4.78 is 0. The first-order valence-electron chi connectivity index (χ1n) is 6.94. The van der Waals surface area contributed by atoms with Crippen LogP contribution in [0.5, 0.6) is 0 Å². The van der Waals surface area contributed by atoms with Gasteiger partial charge in [0.2, 0.25) is 0 Å². The number of urea groups is 1. The van der Waals surface area contributed by atoms with Gasteiger partial charge in [0.1, 0.15) is 0 Å². The summed E-state index contributed by atoms with van der Waals surface area (Å²) in [6.45, 7) is 5.05. The largest absolute Gasteiger partial charge is 0.361 e. The summed E-state index contributed by atoms with van der Waals surface area (Å²) >= 11 is 0. The molecular weight excluding hydrogens is 252 g/mol. The highest BCUT2D eigenvalue weighted by Crippen LogP contribution is 2.27. The monoisotopic (exact) mass is 274 g/mol. The van der Waals surface area contributed by atoms with E-state index in [1.165, 1.54) is 10.9 Å². The normalized spacial score (nSPS) is 13.9. The second-order valence-corrected chi connectivity index (χ2v) is 5.06. The molecule has 0 bridgehead atoms. The number of fused-ring (bicyclic) bond motifs is 1. The number of nitrogens with one attached hydrogen (secondary N) is 3. The average molecular weight is 274 g/mol. The van der Waals surface area contributed by atoms with Crippen LogP contribution in [0.1, 0.15) is 25.3 Å². The fourth-order valence-electron chi connectivity index (χ4n) is 2.31. The molecule has 0 radical (unpaired) electrons. The Morgan fingerprint density at radius 2 is 2.10 bits per heavy atom. The maximum atomic E-state index is 11.7. The molecule has 5 N–H and O–H groups in total. The van der Waals surface area contributed by atoms with E-state index in [4.69, 9.17) is 5.73 Å². The molecule has 0 aliphatic rings. The molecule has 0 aliphatic carbocycles. The van der Waals surface area contributed by atoms with Gasteiger partial charge in [0.25, 0.3) is 0 Å². The minimum absolute atomic E-state index is 0.0342. The summed E-state index contributed by atoms with van der Waals surface area (Å²) in [5.41, 5.74) is 7.69. The molecule has 0 saturated carbocycles. The summed E-state index contributed by atoms with van der Waals surface area (Å²) in [6, 6.07) is 8.05. The summed E-state index contributed by atoms with van der Waals surface area (Å²) in [7, 11) is 0. The van der Waals surface area contributed by atoms with Gasteiger partial charge in [0.05, 0.1) is 0 Å². The molecule has 1 aromatic heterocycles. The van der Waals surface area contributed by atoms with Crippen molar-refractivity contribution in [3.05, 3.63) is 36.0 Å². The standard InChI is InChI=1S/C15H22N4O/c1-10(11(2)19-15(20)17-8-7-16)13-9-18-14-6-4-3-5-12(13)14/h3-6,9-11,18H,7-8,16H2,1-2H3,(H2,17,19,20)/t10-,11?/m0/s1. The van der Waals surface area contributed by atoms with Crippen LogP contribution in [0.2, 0.25) is 0 Å². The van der Waals surface area contributed by atoms with Gasteiger partial charge in [-0.1, -0.05) is 25.1 Å². The van der Waals surface area contributed by atoms with Gasteiger partial charge < -0.3 is 21.4 Å². The Morgan fingerprint density at radius 1 is 1.35 bits per heavy atom. The summed E-state index contributed by atoms with van der Waals surface area (Å²) in [5, 5.41) is 6.87. The van der Waals surface area contributed by atoms with Crippen molar-refractivity contribution < 1.29 is 4.79 Å². The number of aromatic amines is 1. The van der Waals surface area contributed by atoms with E-state index in [1.54, 1.807) is 0 Å². The van der Waals surface area contributed by atoms with Crippen LogP contribution in [-0.2, 0) is 0 Å². The van der Waals surface area contributed by atoms with Crippen molar-refractivity contribution in [2.45, 2.75) is 25.8 Å². The van der Waals surface area contributed by atoms with E-state index in [-0.39, 0.29) is 18.0 Å². The van der Waals surface area contributed by atoms with Crippen molar-refractivity contribution in [1.82, 2.24) is 15.6 Å². The number of aromatic nitrogens is 1. The van der Waals surface area contributed by atoms with E-state index >= 15 is 0 Å². The van der Waals surface area contributed by atoms with E-state index in [2.05, 4.69) is 34.7 Å². The number of para-hydroxylation sites is 1. The third-order valence-electron chi connectivity index (χ3n) is 3.65. The number of hydrogen-bond donors (Lipinski definition) is 4. The molecule has 2 aromatic rings. The number of carbonyl (C=O) groups is 1. The zero-order chi connectivity index (χ0) is 14.5. The number of benzene rings is 1. The van der Waals surface area contributed by atoms with Gasteiger partial charge in [-0.05, 0) is 18.6 Å². The van der Waals surface area contributed by atoms with E-state index < -0.39 is 0 Å². The second kappa shape index (κ2) is 6.43. The van der Waals surface area contributed by atoms with Crippen molar-refractivity contribution in [1.29, 1.82) is 0 Å². The highest BCUT2D eigenvalue weighted by atomic mass is 16.2. The predicted octanol–water partition coefficient (Wildman–Crippen LogP) is 1.92. The Hall–Kier alpha value is -2.01. The Bertz CT molecular complexity index is 578. The van der Waals surface area contributed by atoms with E-state index in [1.807, 2.05) is 25.3 Å². The molecule has 2 atom stereocenters. The number of rotatable bonds is 5. The molecule has 5 nitrogen and oxygen atoms in total. The second-order valence-electron chi connectivity index (χ2n) is 5.06. The maximum Gasteiger partial charge on any atom is 0.315 e. The molecular formula is C15H22N4O. The summed E-state index contributed by atoms with van der Waals surface area (Å²) in [5.74, 6) is 0.217. The van der Waals surface area contributed by atoms with Crippen LogP contribution in [0.3, 0.4) is 0 Å². The van der Waals surface area contributed by atoms with Gasteiger partial charge in [0, 0.05) is 42.1 Å². The maximum absolute atomic E-state index is 11.7. The molecule has 0 fully saturated rings. The Morgan fingerprint density at radius 3 is 2.85 bits per heavy atom. The van der Waals surface area contributed by atoms with Gasteiger partial charge in [-0.2, -0.15) is 0 Å². The number of carbonyl (C=O) groups excluding carboxylic acids is 1. The lowest BCUT2D eigenvalue weighted by Crippen LogP contribution is -2.44. The highest BCUT2D eigenvalue weighted by Gasteiger charge is 2.19. The molecule has 1 unspecified atom stereocenters. The molecule has 20 heavy (non-hydrogen) atoms. The molecule has 1 heterocycles. The number of H-pyrrole nitrogens is 1. The molecule has 0 saturated heterocycles. The van der Waals surface area contributed by atoms with Gasteiger partial charge >= 0.3 is 6.03 Å². The van der Waals surface area contributed by atoms with Crippen molar-refractivity contribution in [2.24, 2.45) is 5.73 Å². The van der Waals surface area contributed by atoms with Gasteiger partial charge in [-0.3, -0.25) is 0 Å². The summed E-state index contributed by atoms with van der Waals surface area (Å²) in [4.78, 5) is 14.9. The SMILES string of the molecule is CC(NC(=O)NCCN)[C@H](C)c1c[nH]c2ccccc12. The fraction of sp³-hybridized carbons (Fsp3) is 0.400. The molecule has 1 aromatic carbocycles. The number of amides is 2. The first-order chi connectivity index (χ1) is 9.63. The quantitative estimate of drug-likeness (QED) is 0.671. The van der Waals surface area contributed by atoms with Crippen molar-refractivity contribution >= 4 is 16.9 Å². The van der Waals surface area contributed by atoms with Gasteiger partial charge in [-0.25, -0.2) is 4.79 Å². The van der Waals surface area contributed by atoms with Gasteiger partial charge in [-0.15, -0.1) is 0 Å². The predicted molar refractivity (Wildman–Crippen MR) is 81.8 cm³/mol. The molecule has 0 spiro atoms. The van der Waals surface area contributed by atoms with Crippen LogP contribution in [0, 0.1) is 0 Å². The number of hydrogen-bond acceptors (Lipinski definition) is 2. The van der Waals surface area contributed by atoms with Crippen molar-refractivity contribution in [3.8, 4) is 0 Å². The zero-order valence-electron chi connectivity index (χ0n) is 11.9. The fourth-order valence-corrected chi connectivity index (χ4v) is 2.31. The average Bonchev–Trinajstić information content (AvgIpc) is 2.88. The number of nitrogens with two attached hydrogens (primary N) is 1.